The Bertz CT molecular complexity index is 943. The number of carbonyl (C=O) groups is 1. The summed E-state index contributed by atoms with van der Waals surface area (Å²) in [7, 11) is 3.05. The summed E-state index contributed by atoms with van der Waals surface area (Å²) in [4.78, 5) is 14.1. The second-order valence-electron chi connectivity index (χ2n) is 9.55. The van der Waals surface area contributed by atoms with Gasteiger partial charge in [0.05, 0.1) is 26.4 Å². The van der Waals surface area contributed by atoms with Crippen LogP contribution < -0.4 is 9.47 Å². The number of likely N-dealkylation sites (tertiary alicyclic amines) is 1. The molecule has 33 heavy (non-hydrogen) atoms. The zero-order valence-corrected chi connectivity index (χ0v) is 19.8. The van der Waals surface area contributed by atoms with E-state index in [1.807, 2.05) is 48.5 Å². The first-order chi connectivity index (χ1) is 15.9. The number of aliphatic hydroxyl groups is 1. The summed E-state index contributed by atoms with van der Waals surface area (Å²) in [5.74, 6) is 1.37. The molecule has 1 N–H and O–H groups in total. The zero-order chi connectivity index (χ0) is 23.4. The van der Waals surface area contributed by atoms with Gasteiger partial charge in [-0.1, -0.05) is 43.3 Å². The van der Waals surface area contributed by atoms with E-state index in [4.69, 9.17) is 14.2 Å². The maximum absolute atomic E-state index is 12.4. The molecule has 1 heterocycles. The van der Waals surface area contributed by atoms with Crippen molar-refractivity contribution in [2.45, 2.75) is 57.2 Å². The summed E-state index contributed by atoms with van der Waals surface area (Å²) in [6.07, 6.45) is 4.21. The van der Waals surface area contributed by atoms with Gasteiger partial charge in [-0.3, -0.25) is 0 Å². The number of methoxy groups -OCH3 is 2. The Labute approximate surface area is 196 Å². The van der Waals surface area contributed by atoms with Gasteiger partial charge in [0.15, 0.2) is 11.5 Å². The molecule has 1 aliphatic heterocycles. The van der Waals surface area contributed by atoms with Gasteiger partial charge in [0.25, 0.3) is 0 Å². The van der Waals surface area contributed by atoms with Crippen LogP contribution in [0.25, 0.3) is 0 Å². The number of aliphatic hydroxyl groups excluding tert-OH is 1. The minimum absolute atomic E-state index is 0.0767. The molecule has 1 saturated carbocycles. The van der Waals surface area contributed by atoms with Crippen molar-refractivity contribution in [1.82, 2.24) is 4.90 Å². The molecule has 2 aromatic rings. The molecular weight excluding hydrogens is 418 g/mol. The smallest absolute Gasteiger partial charge is 0.409 e. The second kappa shape index (κ2) is 10.0. The van der Waals surface area contributed by atoms with Gasteiger partial charge >= 0.3 is 6.09 Å². The average molecular weight is 454 g/mol. The number of hydrogen-bond acceptors (Lipinski definition) is 5. The highest BCUT2D eigenvalue weighted by atomic mass is 16.5. The number of rotatable bonds is 7. The molecule has 2 aliphatic rings. The maximum atomic E-state index is 12.4. The first-order valence-electron chi connectivity index (χ1n) is 11.8. The summed E-state index contributed by atoms with van der Waals surface area (Å²) in [5, 5.41) is 11.4. The van der Waals surface area contributed by atoms with Gasteiger partial charge in [0.1, 0.15) is 0 Å². The van der Waals surface area contributed by atoms with Gasteiger partial charge in [-0.15, -0.1) is 0 Å². The molecule has 3 unspecified atom stereocenters. The van der Waals surface area contributed by atoms with Gasteiger partial charge < -0.3 is 24.2 Å². The summed E-state index contributed by atoms with van der Waals surface area (Å²) >= 11 is 0. The van der Waals surface area contributed by atoms with Crippen molar-refractivity contribution < 1.29 is 24.1 Å². The average Bonchev–Trinajstić information content (AvgIpc) is 3.47. The van der Waals surface area contributed by atoms with Gasteiger partial charge in [-0.25, -0.2) is 4.79 Å². The van der Waals surface area contributed by atoms with Crippen molar-refractivity contribution in [3.8, 4) is 11.5 Å². The van der Waals surface area contributed by atoms with Crippen LogP contribution in [0.3, 0.4) is 0 Å². The maximum Gasteiger partial charge on any atom is 0.409 e. The normalized spacial score (nSPS) is 24.0. The minimum atomic E-state index is -0.638. The summed E-state index contributed by atoms with van der Waals surface area (Å²) < 4.78 is 16.9. The molecule has 1 amide bonds. The Hall–Kier alpha value is -2.73. The Kier molecular flexibility index (Phi) is 7.13. The van der Waals surface area contributed by atoms with Crippen molar-refractivity contribution in [3.05, 3.63) is 59.7 Å². The number of nitrogens with zero attached hydrogens (tertiary/aromatic N) is 1. The van der Waals surface area contributed by atoms with Gasteiger partial charge in [-0.2, -0.15) is 0 Å². The van der Waals surface area contributed by atoms with Crippen LogP contribution in [0.2, 0.25) is 0 Å². The number of amides is 1. The van der Waals surface area contributed by atoms with Crippen LogP contribution in [0.15, 0.2) is 48.5 Å². The standard InChI is InChI=1S/C27H35NO5/c1-27(25(29)15-19-9-5-4-6-10-19)18-28(26(30)32-3)17-22(27)20-13-14-23(31-2)24(16-20)33-21-11-7-8-12-21/h4-6,9-10,13-14,16,21-22,25,29H,7-8,11-12,15,17-18H2,1-3H3. The highest BCUT2D eigenvalue weighted by molar-refractivity contribution is 5.68. The predicted molar refractivity (Wildman–Crippen MR) is 127 cm³/mol. The van der Waals surface area contributed by atoms with Crippen molar-refractivity contribution in [2.24, 2.45) is 5.41 Å². The fraction of sp³-hybridized carbons (Fsp3) is 0.519. The second-order valence-corrected chi connectivity index (χ2v) is 9.55. The first-order valence-corrected chi connectivity index (χ1v) is 11.8. The zero-order valence-electron chi connectivity index (χ0n) is 19.8. The van der Waals surface area contributed by atoms with Crippen molar-refractivity contribution in [2.75, 3.05) is 27.3 Å². The first kappa shape index (κ1) is 23.4. The lowest BCUT2D eigenvalue weighted by Crippen LogP contribution is -2.41. The van der Waals surface area contributed by atoms with Gasteiger partial charge in [0.2, 0.25) is 0 Å². The van der Waals surface area contributed by atoms with Crippen molar-refractivity contribution >= 4 is 6.09 Å². The SMILES string of the molecule is COC(=O)N1CC(c2ccc(OC)c(OC3CCCC3)c2)C(C)(C(O)Cc2ccccc2)C1. The summed E-state index contributed by atoms with van der Waals surface area (Å²) in [6.45, 7) is 2.96. The van der Waals surface area contributed by atoms with E-state index in [-0.39, 0.29) is 18.1 Å². The molecule has 0 spiro atoms. The fourth-order valence-electron chi connectivity index (χ4n) is 5.37. The predicted octanol–water partition coefficient (Wildman–Crippen LogP) is 4.79. The number of benzene rings is 2. The van der Waals surface area contributed by atoms with E-state index < -0.39 is 11.5 Å². The molecule has 2 fully saturated rings. The summed E-state index contributed by atoms with van der Waals surface area (Å²) in [5.41, 5.74) is 1.55. The lowest BCUT2D eigenvalue weighted by atomic mass is 9.70. The van der Waals surface area contributed by atoms with Crippen LogP contribution in [0.4, 0.5) is 4.79 Å². The van der Waals surface area contributed by atoms with Gasteiger partial charge in [0, 0.05) is 24.4 Å². The molecule has 0 radical (unpaired) electrons. The van der Waals surface area contributed by atoms with Crippen LogP contribution in [-0.4, -0.2) is 55.6 Å². The Balaban J connectivity index is 1.65. The molecule has 6 heteroatoms. The van der Waals surface area contributed by atoms with Crippen LogP contribution in [0.1, 0.15) is 49.7 Å². The lowest BCUT2D eigenvalue weighted by Gasteiger charge is -2.36. The third-order valence-electron chi connectivity index (χ3n) is 7.38. The lowest BCUT2D eigenvalue weighted by molar-refractivity contribution is 0.0330. The van der Waals surface area contributed by atoms with E-state index in [0.717, 1.165) is 29.7 Å². The van der Waals surface area contributed by atoms with Crippen molar-refractivity contribution in [3.63, 3.8) is 0 Å². The third kappa shape index (κ3) is 4.96. The largest absolute Gasteiger partial charge is 0.493 e. The Morgan fingerprint density at radius 2 is 1.85 bits per heavy atom. The molecule has 1 aliphatic carbocycles. The number of hydrogen-bond donors (Lipinski definition) is 1. The van der Waals surface area contributed by atoms with E-state index >= 15 is 0 Å². The van der Waals surface area contributed by atoms with E-state index in [1.54, 1.807) is 12.0 Å². The Morgan fingerprint density at radius 1 is 1.12 bits per heavy atom. The molecule has 1 saturated heterocycles. The van der Waals surface area contributed by atoms with Crippen molar-refractivity contribution in [1.29, 1.82) is 0 Å². The quantitative estimate of drug-likeness (QED) is 0.653. The molecular formula is C27H35NO5. The molecule has 4 rings (SSSR count). The summed E-state index contributed by atoms with van der Waals surface area (Å²) in [6, 6.07) is 16.0. The van der Waals surface area contributed by atoms with E-state index in [2.05, 4.69) is 6.92 Å². The topological polar surface area (TPSA) is 68.2 Å². The molecule has 6 nitrogen and oxygen atoms in total. The highest BCUT2D eigenvalue weighted by Gasteiger charge is 2.50. The fourth-order valence-corrected chi connectivity index (χ4v) is 5.37. The van der Waals surface area contributed by atoms with E-state index in [1.165, 1.54) is 20.0 Å². The van der Waals surface area contributed by atoms with Crippen LogP contribution in [-0.2, 0) is 11.2 Å². The van der Waals surface area contributed by atoms with E-state index in [0.29, 0.717) is 25.3 Å². The number of carbonyl (C=O) groups excluding carboxylic acids is 1. The molecule has 178 valence electrons. The number of ether oxygens (including phenoxy) is 3. The molecule has 3 atom stereocenters. The van der Waals surface area contributed by atoms with Crippen LogP contribution in [0, 0.1) is 5.41 Å². The van der Waals surface area contributed by atoms with Gasteiger partial charge in [-0.05, 0) is 55.4 Å². The molecule has 0 bridgehead atoms. The van der Waals surface area contributed by atoms with Crippen LogP contribution in [0.5, 0.6) is 11.5 Å². The minimum Gasteiger partial charge on any atom is -0.493 e. The molecule has 0 aromatic heterocycles. The van der Waals surface area contributed by atoms with E-state index in [9.17, 15) is 9.90 Å². The molecule has 2 aromatic carbocycles. The van der Waals surface area contributed by atoms with Crippen LogP contribution >= 0.6 is 0 Å². The third-order valence-corrected chi connectivity index (χ3v) is 7.38. The Morgan fingerprint density at radius 3 is 2.52 bits per heavy atom. The monoisotopic (exact) mass is 453 g/mol. The highest BCUT2D eigenvalue weighted by Crippen LogP contribution is 2.48.